The predicted octanol–water partition coefficient (Wildman–Crippen LogP) is 4.69. The maximum absolute atomic E-state index is 13.3. The molecule has 5 aliphatic rings. The van der Waals surface area contributed by atoms with E-state index >= 15 is 0 Å². The zero-order chi connectivity index (χ0) is 43.5. The fourth-order valence-corrected chi connectivity index (χ4v) is 7.57. The summed E-state index contributed by atoms with van der Waals surface area (Å²) in [5.74, 6) is -8.54. The monoisotopic (exact) mass is 848 g/mol. The van der Waals surface area contributed by atoms with Crippen molar-refractivity contribution in [3.8, 4) is 0 Å². The molecule has 10 unspecified atom stereocenters. The van der Waals surface area contributed by atoms with Crippen molar-refractivity contribution in [3.05, 3.63) is 0 Å². The number of esters is 3. The zero-order valence-corrected chi connectivity index (χ0v) is 36.4. The van der Waals surface area contributed by atoms with Crippen LogP contribution in [0.3, 0.4) is 0 Å². The number of aliphatic carboxylic acids is 1. The molecule has 5 aliphatic heterocycles. The lowest BCUT2D eigenvalue weighted by Gasteiger charge is -2.42. The van der Waals surface area contributed by atoms with Crippen LogP contribution in [0.15, 0.2) is 0 Å². The number of carboxylic acids is 1. The molecular weight excluding hydrogens is 780 g/mol. The van der Waals surface area contributed by atoms with Gasteiger partial charge in [0.1, 0.15) is 19.3 Å². The van der Waals surface area contributed by atoms with Gasteiger partial charge in [0.05, 0.1) is 89.2 Å². The first kappa shape index (κ1) is 49.1. The Morgan fingerprint density at radius 1 is 0.525 bits per heavy atom. The summed E-state index contributed by atoms with van der Waals surface area (Å²) < 4.78 is 74.9. The van der Waals surface area contributed by atoms with Gasteiger partial charge in [0, 0.05) is 6.42 Å². The number of carbonyl (C=O) groups excluding carboxylic acids is 3. The Morgan fingerprint density at radius 2 is 0.881 bits per heavy atom. The van der Waals surface area contributed by atoms with Crippen LogP contribution in [0.1, 0.15) is 127 Å². The molecule has 11 atom stereocenters. The second-order valence-corrected chi connectivity index (χ2v) is 17.0. The number of ether oxygens (including phenoxy) is 13. The van der Waals surface area contributed by atoms with Crippen LogP contribution in [0.25, 0.3) is 0 Å². The van der Waals surface area contributed by atoms with E-state index in [0.717, 1.165) is 19.3 Å². The van der Waals surface area contributed by atoms with Gasteiger partial charge in [-0.3, -0.25) is 19.2 Å². The van der Waals surface area contributed by atoms with Gasteiger partial charge in [-0.25, -0.2) is 0 Å². The summed E-state index contributed by atoms with van der Waals surface area (Å²) in [5.41, 5.74) is 0. The summed E-state index contributed by atoms with van der Waals surface area (Å²) in [6.07, 6.45) is 1.46. The fraction of sp³-hybridized carbons (Fsp3) is 0.902. The van der Waals surface area contributed by atoms with Crippen molar-refractivity contribution in [2.24, 2.45) is 0 Å². The van der Waals surface area contributed by atoms with E-state index in [4.69, 9.17) is 66.7 Å². The summed E-state index contributed by atoms with van der Waals surface area (Å²) in [6, 6.07) is 0. The summed E-state index contributed by atoms with van der Waals surface area (Å²) in [5, 5.41) is 8.56. The van der Waals surface area contributed by atoms with Gasteiger partial charge in [-0.15, -0.1) is 0 Å². The van der Waals surface area contributed by atoms with Gasteiger partial charge in [0.2, 0.25) is 5.79 Å². The summed E-state index contributed by atoms with van der Waals surface area (Å²) >= 11 is 0. The largest absolute Gasteiger partial charge is 0.481 e. The van der Waals surface area contributed by atoms with Gasteiger partial charge in [0.15, 0.2) is 23.1 Å². The van der Waals surface area contributed by atoms with Crippen molar-refractivity contribution >= 4 is 23.9 Å². The normalized spacial score (nSPS) is 38.2. The van der Waals surface area contributed by atoms with Crippen LogP contribution >= 0.6 is 0 Å². The first-order valence-electron chi connectivity index (χ1n) is 20.9. The van der Waals surface area contributed by atoms with Crippen molar-refractivity contribution in [1.82, 2.24) is 0 Å². The number of rotatable bonds is 15. The Bertz CT molecular complexity index is 1400. The SMILES string of the molecule is CC1CCOC(C)(CC(=O)O)O1.CC1CCOC(C)(CC(=O)OC[C@@H](CC2(COC(=O)CC3(C)OCCC(C)O3)OCCC(C)O2)OC(=O)CC2(C)OCCC(C)O2)O1. The summed E-state index contributed by atoms with van der Waals surface area (Å²) in [4.78, 5) is 49.7. The molecule has 0 radical (unpaired) electrons. The van der Waals surface area contributed by atoms with E-state index in [1.54, 1.807) is 27.7 Å². The highest BCUT2D eigenvalue weighted by molar-refractivity contribution is 5.72. The number of hydrogen-bond donors (Lipinski definition) is 1. The third-order valence-electron chi connectivity index (χ3n) is 10.4. The maximum Gasteiger partial charge on any atom is 0.311 e. The molecule has 0 aromatic heterocycles. The molecule has 0 spiro atoms. The Balaban J connectivity index is 0.000000548. The quantitative estimate of drug-likeness (QED) is 0.175. The maximum atomic E-state index is 13.3. The average molecular weight is 849 g/mol. The summed E-state index contributed by atoms with van der Waals surface area (Å²) in [7, 11) is 0. The molecule has 5 saturated heterocycles. The third kappa shape index (κ3) is 16.7. The first-order valence-corrected chi connectivity index (χ1v) is 20.9. The van der Waals surface area contributed by atoms with Crippen molar-refractivity contribution in [2.75, 3.05) is 46.2 Å². The van der Waals surface area contributed by atoms with Crippen LogP contribution in [-0.2, 0) is 80.8 Å². The minimum atomic E-state index is -1.49. The number of carbonyl (C=O) groups is 4. The van der Waals surface area contributed by atoms with Gasteiger partial charge in [-0.2, -0.15) is 0 Å². The van der Waals surface area contributed by atoms with E-state index in [1.165, 1.54) is 0 Å². The molecule has 1 N–H and O–H groups in total. The minimum Gasteiger partial charge on any atom is -0.481 e. The number of carboxylic acid groups (broad SMARTS) is 1. The third-order valence-corrected chi connectivity index (χ3v) is 10.4. The molecule has 5 heterocycles. The Labute approximate surface area is 347 Å². The Morgan fingerprint density at radius 3 is 1.27 bits per heavy atom. The Kier molecular flexibility index (Phi) is 17.9. The van der Waals surface area contributed by atoms with Crippen molar-refractivity contribution in [2.45, 2.75) is 192 Å². The van der Waals surface area contributed by atoms with Crippen LogP contribution in [0, 0.1) is 0 Å². The van der Waals surface area contributed by atoms with Crippen LogP contribution in [0.2, 0.25) is 0 Å². The highest BCUT2D eigenvalue weighted by atomic mass is 16.7. The van der Waals surface area contributed by atoms with Crippen molar-refractivity contribution in [1.29, 1.82) is 0 Å². The highest BCUT2D eigenvalue weighted by Crippen LogP contribution is 2.33. The van der Waals surface area contributed by atoms with E-state index in [9.17, 15) is 19.2 Å². The van der Waals surface area contributed by atoms with E-state index in [-0.39, 0.29) is 75.8 Å². The van der Waals surface area contributed by atoms with Gasteiger partial charge in [-0.05, 0) is 94.4 Å². The van der Waals surface area contributed by atoms with Crippen LogP contribution in [0.5, 0.6) is 0 Å². The number of hydrogen-bond acceptors (Lipinski definition) is 17. The lowest BCUT2D eigenvalue weighted by molar-refractivity contribution is -0.318. The average Bonchev–Trinajstić information content (AvgIpc) is 3.08. The van der Waals surface area contributed by atoms with Crippen LogP contribution < -0.4 is 0 Å². The predicted molar refractivity (Wildman–Crippen MR) is 204 cm³/mol. The van der Waals surface area contributed by atoms with Crippen LogP contribution in [0.4, 0.5) is 0 Å². The fourth-order valence-electron chi connectivity index (χ4n) is 7.57. The second-order valence-electron chi connectivity index (χ2n) is 17.0. The zero-order valence-electron chi connectivity index (χ0n) is 36.4. The molecule has 0 amide bonds. The lowest BCUT2D eigenvalue weighted by Crippen LogP contribution is -2.52. The van der Waals surface area contributed by atoms with E-state index in [1.807, 2.05) is 34.6 Å². The molecule has 0 aromatic carbocycles. The van der Waals surface area contributed by atoms with Gasteiger partial charge < -0.3 is 66.7 Å². The summed E-state index contributed by atoms with van der Waals surface area (Å²) in [6.45, 7) is 17.9. The van der Waals surface area contributed by atoms with Crippen molar-refractivity contribution in [3.63, 3.8) is 0 Å². The molecule has 0 aromatic rings. The minimum absolute atomic E-state index is 0.0611. The van der Waals surface area contributed by atoms with Crippen molar-refractivity contribution < 1.29 is 85.9 Å². The molecule has 340 valence electrons. The van der Waals surface area contributed by atoms with Gasteiger partial charge in [0.25, 0.3) is 0 Å². The molecular formula is C41H68O18. The molecule has 0 aliphatic carbocycles. The topological polar surface area (TPSA) is 208 Å². The molecule has 18 heteroatoms. The van der Waals surface area contributed by atoms with E-state index in [0.29, 0.717) is 45.9 Å². The second kappa shape index (κ2) is 21.5. The lowest BCUT2D eigenvalue weighted by atomic mass is 10.1. The molecule has 59 heavy (non-hydrogen) atoms. The first-order chi connectivity index (χ1) is 27.6. The molecule has 5 rings (SSSR count). The molecule has 0 bridgehead atoms. The smallest absolute Gasteiger partial charge is 0.311 e. The Hall–Kier alpha value is -2.52. The van der Waals surface area contributed by atoms with E-state index in [2.05, 4.69) is 0 Å². The van der Waals surface area contributed by atoms with Gasteiger partial charge >= 0.3 is 23.9 Å². The van der Waals surface area contributed by atoms with Gasteiger partial charge in [-0.1, -0.05) is 0 Å². The molecule has 18 nitrogen and oxygen atoms in total. The molecule has 5 fully saturated rings. The van der Waals surface area contributed by atoms with Crippen LogP contribution in [-0.4, -0.2) is 141 Å². The van der Waals surface area contributed by atoms with E-state index < -0.39 is 58.9 Å². The standard InChI is InChI=1S/C33H54O14.C8H14O4/c1-22-8-12-39-30(5,44-22)17-27(34)37-20-26(43-29(36)19-32(7)41-14-10-24(3)46-32)16-33(42-15-11-25(4)47-33)21-38-28(35)18-31(6)40-13-9-23(2)45-31;1-6-3-4-11-8(2,12-6)5-7(9)10/h22-26H,8-21H2,1-7H3;6H,3-5H2,1-2H3,(H,9,10)/t22?,23?,24?,25?,26-,30?,31?,32?,33?;/m1./s1. The highest BCUT2D eigenvalue weighted by Gasteiger charge is 2.45. The molecule has 0 saturated carbocycles.